The minimum Gasteiger partial charge on any atom is -0.508 e. The molecule has 2 rings (SSSR count). The Morgan fingerprint density at radius 3 is 2.06 bits per heavy atom. The largest absolute Gasteiger partial charge is 0.508 e. The van der Waals surface area contributed by atoms with E-state index in [9.17, 15) is 10.2 Å². The molecule has 0 saturated carbocycles. The number of phenols is 2. The lowest BCUT2D eigenvalue weighted by molar-refractivity contribution is 0.219. The minimum atomic E-state index is -0.798. The smallest absolute Gasteiger partial charge is 0.115 e. The first-order valence-electron chi connectivity index (χ1n) is 4.93. The molecule has 0 aliphatic heterocycles. The van der Waals surface area contributed by atoms with Crippen LogP contribution >= 0.6 is 0 Å². The van der Waals surface area contributed by atoms with Crippen LogP contribution in [0.15, 0.2) is 48.5 Å². The maximum Gasteiger partial charge on any atom is 0.115 e. The second-order valence-electron chi connectivity index (χ2n) is 3.59. The van der Waals surface area contributed by atoms with Gasteiger partial charge in [-0.3, -0.25) is 0 Å². The monoisotopic (exact) mass is 216 g/mol. The van der Waals surface area contributed by atoms with Gasteiger partial charge in [-0.15, -0.1) is 0 Å². The predicted octanol–water partition coefficient (Wildman–Crippen LogP) is 2.18. The SMILES string of the molecule is Oc1ccc(C(O)c2cccc(O)c2)cc1. The van der Waals surface area contributed by atoms with Crippen LogP contribution in [0.25, 0.3) is 0 Å². The first-order valence-corrected chi connectivity index (χ1v) is 4.93. The van der Waals surface area contributed by atoms with Gasteiger partial charge < -0.3 is 15.3 Å². The Morgan fingerprint density at radius 2 is 1.44 bits per heavy atom. The van der Waals surface area contributed by atoms with Crippen LogP contribution in [-0.4, -0.2) is 15.3 Å². The van der Waals surface area contributed by atoms with Gasteiger partial charge in [-0.1, -0.05) is 24.3 Å². The zero-order chi connectivity index (χ0) is 11.5. The van der Waals surface area contributed by atoms with Crippen molar-refractivity contribution in [3.8, 4) is 11.5 Å². The Kier molecular flexibility index (Phi) is 2.79. The number of rotatable bonds is 2. The highest BCUT2D eigenvalue weighted by Crippen LogP contribution is 2.25. The summed E-state index contributed by atoms with van der Waals surface area (Å²) >= 11 is 0. The summed E-state index contributed by atoms with van der Waals surface area (Å²) in [6.07, 6.45) is -0.798. The van der Waals surface area contributed by atoms with Gasteiger partial charge in [0.15, 0.2) is 0 Å². The Hall–Kier alpha value is -2.00. The van der Waals surface area contributed by atoms with Crippen molar-refractivity contribution in [2.45, 2.75) is 6.10 Å². The van der Waals surface area contributed by atoms with Crippen molar-refractivity contribution >= 4 is 0 Å². The predicted molar refractivity (Wildman–Crippen MR) is 60.3 cm³/mol. The van der Waals surface area contributed by atoms with E-state index in [1.54, 1.807) is 30.3 Å². The van der Waals surface area contributed by atoms with Gasteiger partial charge in [0.2, 0.25) is 0 Å². The zero-order valence-corrected chi connectivity index (χ0v) is 8.54. The summed E-state index contributed by atoms with van der Waals surface area (Å²) in [7, 11) is 0. The molecular formula is C13H12O3. The number of phenolic OH excluding ortho intramolecular Hbond substituents is 2. The van der Waals surface area contributed by atoms with Gasteiger partial charge in [-0.2, -0.15) is 0 Å². The topological polar surface area (TPSA) is 60.7 Å². The molecule has 3 heteroatoms. The molecule has 0 aromatic heterocycles. The molecule has 2 aromatic rings. The van der Waals surface area contributed by atoms with Crippen LogP contribution in [0.3, 0.4) is 0 Å². The van der Waals surface area contributed by atoms with Gasteiger partial charge in [-0.05, 0) is 35.4 Å². The molecule has 0 amide bonds. The maximum atomic E-state index is 10.0. The van der Waals surface area contributed by atoms with Crippen molar-refractivity contribution in [2.24, 2.45) is 0 Å². The van der Waals surface area contributed by atoms with E-state index in [4.69, 9.17) is 5.11 Å². The van der Waals surface area contributed by atoms with Crippen molar-refractivity contribution in [1.29, 1.82) is 0 Å². The molecular weight excluding hydrogens is 204 g/mol. The molecule has 1 unspecified atom stereocenters. The maximum absolute atomic E-state index is 10.0. The molecule has 0 radical (unpaired) electrons. The molecule has 16 heavy (non-hydrogen) atoms. The van der Waals surface area contributed by atoms with Crippen LogP contribution in [0.5, 0.6) is 11.5 Å². The van der Waals surface area contributed by atoms with Gasteiger partial charge in [0, 0.05) is 0 Å². The van der Waals surface area contributed by atoms with Crippen molar-refractivity contribution < 1.29 is 15.3 Å². The van der Waals surface area contributed by atoms with E-state index >= 15 is 0 Å². The van der Waals surface area contributed by atoms with E-state index in [1.807, 2.05) is 0 Å². The standard InChI is InChI=1S/C13H12O3/c14-11-6-4-9(5-7-11)13(16)10-2-1-3-12(15)8-10/h1-8,13-16H. The lowest BCUT2D eigenvalue weighted by atomic mass is 10.0. The van der Waals surface area contributed by atoms with E-state index in [0.29, 0.717) is 11.1 Å². The van der Waals surface area contributed by atoms with E-state index in [1.165, 1.54) is 18.2 Å². The van der Waals surface area contributed by atoms with Crippen LogP contribution in [-0.2, 0) is 0 Å². The Labute approximate surface area is 93.2 Å². The fourth-order valence-electron chi connectivity index (χ4n) is 1.54. The van der Waals surface area contributed by atoms with Crippen LogP contribution in [0, 0.1) is 0 Å². The van der Waals surface area contributed by atoms with Crippen molar-refractivity contribution in [2.75, 3.05) is 0 Å². The van der Waals surface area contributed by atoms with E-state index in [-0.39, 0.29) is 11.5 Å². The second kappa shape index (κ2) is 4.24. The third-order valence-electron chi connectivity index (χ3n) is 2.39. The summed E-state index contributed by atoms with van der Waals surface area (Å²) in [4.78, 5) is 0. The quantitative estimate of drug-likeness (QED) is 0.721. The summed E-state index contributed by atoms with van der Waals surface area (Å²) in [6.45, 7) is 0. The van der Waals surface area contributed by atoms with Crippen LogP contribution in [0.2, 0.25) is 0 Å². The van der Waals surface area contributed by atoms with Gasteiger partial charge in [-0.25, -0.2) is 0 Å². The average Bonchev–Trinajstić information content (AvgIpc) is 2.29. The van der Waals surface area contributed by atoms with Gasteiger partial charge in [0.05, 0.1) is 0 Å². The van der Waals surface area contributed by atoms with Crippen LogP contribution in [0.4, 0.5) is 0 Å². The minimum absolute atomic E-state index is 0.121. The molecule has 0 aliphatic carbocycles. The first kappa shape index (κ1) is 10.5. The van der Waals surface area contributed by atoms with E-state index in [2.05, 4.69) is 0 Å². The highest BCUT2D eigenvalue weighted by atomic mass is 16.3. The van der Waals surface area contributed by atoms with E-state index < -0.39 is 6.10 Å². The second-order valence-corrected chi connectivity index (χ2v) is 3.59. The van der Waals surface area contributed by atoms with Gasteiger partial charge >= 0.3 is 0 Å². The number of benzene rings is 2. The molecule has 0 bridgehead atoms. The number of hydrogen-bond donors (Lipinski definition) is 3. The lowest BCUT2D eigenvalue weighted by Gasteiger charge is -2.11. The molecule has 2 aromatic carbocycles. The third-order valence-corrected chi connectivity index (χ3v) is 2.39. The third kappa shape index (κ3) is 2.15. The fraction of sp³-hybridized carbons (Fsp3) is 0.0769. The highest BCUT2D eigenvalue weighted by Gasteiger charge is 2.10. The van der Waals surface area contributed by atoms with Crippen molar-refractivity contribution in [1.82, 2.24) is 0 Å². The Morgan fingerprint density at radius 1 is 0.750 bits per heavy atom. The molecule has 0 fully saturated rings. The van der Waals surface area contributed by atoms with Crippen molar-refractivity contribution in [3.05, 3.63) is 59.7 Å². The molecule has 82 valence electrons. The summed E-state index contributed by atoms with van der Waals surface area (Å²) in [6, 6.07) is 12.8. The number of aromatic hydroxyl groups is 2. The summed E-state index contributed by atoms with van der Waals surface area (Å²) in [5.41, 5.74) is 1.29. The summed E-state index contributed by atoms with van der Waals surface area (Å²) in [5.74, 6) is 0.280. The lowest BCUT2D eigenvalue weighted by Crippen LogP contribution is -1.98. The molecule has 0 aliphatic rings. The Balaban J connectivity index is 2.31. The fourth-order valence-corrected chi connectivity index (χ4v) is 1.54. The van der Waals surface area contributed by atoms with Crippen molar-refractivity contribution in [3.63, 3.8) is 0 Å². The first-order chi connectivity index (χ1) is 7.66. The zero-order valence-electron chi connectivity index (χ0n) is 8.54. The van der Waals surface area contributed by atoms with E-state index in [0.717, 1.165) is 0 Å². The molecule has 3 nitrogen and oxygen atoms in total. The normalized spacial score (nSPS) is 12.3. The van der Waals surface area contributed by atoms with Gasteiger partial charge in [0.25, 0.3) is 0 Å². The number of hydrogen-bond acceptors (Lipinski definition) is 3. The molecule has 0 saturated heterocycles. The highest BCUT2D eigenvalue weighted by molar-refractivity contribution is 5.36. The molecule has 1 atom stereocenters. The Bertz CT molecular complexity index is 477. The molecule has 0 heterocycles. The van der Waals surface area contributed by atoms with Crippen LogP contribution < -0.4 is 0 Å². The average molecular weight is 216 g/mol. The number of aliphatic hydroxyl groups excluding tert-OH is 1. The number of aliphatic hydroxyl groups is 1. The molecule has 0 spiro atoms. The summed E-state index contributed by atoms with van der Waals surface area (Å²) in [5, 5.41) is 28.4. The molecule has 3 N–H and O–H groups in total. The van der Waals surface area contributed by atoms with Crippen LogP contribution in [0.1, 0.15) is 17.2 Å². The summed E-state index contributed by atoms with van der Waals surface area (Å²) < 4.78 is 0. The van der Waals surface area contributed by atoms with Gasteiger partial charge in [0.1, 0.15) is 17.6 Å².